The van der Waals surface area contributed by atoms with E-state index in [4.69, 9.17) is 16.3 Å². The minimum Gasteiger partial charge on any atom is -0.496 e. The number of nitrogens with zero attached hydrogens (tertiary/aromatic N) is 1. The zero-order valence-electron chi connectivity index (χ0n) is 10.4. The van der Waals surface area contributed by atoms with Crippen molar-refractivity contribution in [3.05, 3.63) is 46.7 Å². The highest BCUT2D eigenvalue weighted by Crippen LogP contribution is 2.23. The molecule has 1 aromatic carbocycles. The number of halogens is 1. The maximum Gasteiger partial charge on any atom is 0.123 e. The largest absolute Gasteiger partial charge is 0.496 e. The van der Waals surface area contributed by atoms with Crippen LogP contribution in [-0.2, 0) is 6.54 Å². The van der Waals surface area contributed by atoms with E-state index >= 15 is 0 Å². The molecular formula is C13H16ClN3O. The number of aromatic nitrogens is 2. The van der Waals surface area contributed by atoms with E-state index in [0.717, 1.165) is 16.9 Å². The molecule has 0 aliphatic carbocycles. The lowest BCUT2D eigenvalue weighted by atomic mass is 10.1. The molecule has 0 amide bonds. The second kappa shape index (κ2) is 5.89. The Balaban J connectivity index is 2.03. The van der Waals surface area contributed by atoms with E-state index in [-0.39, 0.29) is 6.04 Å². The molecule has 2 aromatic rings. The molecule has 2 N–H and O–H groups in total. The Morgan fingerprint density at radius 3 is 3.00 bits per heavy atom. The molecular weight excluding hydrogens is 250 g/mol. The third-order valence-electron chi connectivity index (χ3n) is 2.86. The Morgan fingerprint density at radius 2 is 2.33 bits per heavy atom. The number of ether oxygens (including phenoxy) is 1. The van der Waals surface area contributed by atoms with Crippen LogP contribution in [0.5, 0.6) is 5.75 Å². The van der Waals surface area contributed by atoms with Crippen molar-refractivity contribution >= 4 is 11.6 Å². The van der Waals surface area contributed by atoms with E-state index in [2.05, 4.69) is 22.4 Å². The first-order valence-corrected chi connectivity index (χ1v) is 6.13. The van der Waals surface area contributed by atoms with Crippen LogP contribution in [0.15, 0.2) is 30.6 Å². The zero-order valence-corrected chi connectivity index (χ0v) is 11.2. The van der Waals surface area contributed by atoms with E-state index in [9.17, 15) is 0 Å². The highest BCUT2D eigenvalue weighted by atomic mass is 35.5. The maximum absolute atomic E-state index is 5.99. The van der Waals surface area contributed by atoms with Gasteiger partial charge in [-0.05, 0) is 25.1 Å². The van der Waals surface area contributed by atoms with Crippen molar-refractivity contribution in [3.63, 3.8) is 0 Å². The van der Waals surface area contributed by atoms with Crippen LogP contribution >= 0.6 is 11.6 Å². The molecule has 0 radical (unpaired) electrons. The summed E-state index contributed by atoms with van der Waals surface area (Å²) in [7, 11) is 1.66. The van der Waals surface area contributed by atoms with Gasteiger partial charge >= 0.3 is 0 Å². The van der Waals surface area contributed by atoms with Gasteiger partial charge in [0.2, 0.25) is 0 Å². The van der Waals surface area contributed by atoms with Gasteiger partial charge in [0, 0.05) is 34.9 Å². The number of rotatable bonds is 5. The Hall–Kier alpha value is -1.52. The van der Waals surface area contributed by atoms with Crippen molar-refractivity contribution in [2.75, 3.05) is 7.11 Å². The molecule has 0 saturated heterocycles. The zero-order chi connectivity index (χ0) is 13.0. The average Bonchev–Trinajstić information content (AvgIpc) is 2.90. The molecule has 96 valence electrons. The molecule has 0 aliphatic heterocycles. The summed E-state index contributed by atoms with van der Waals surface area (Å²) in [6.07, 6.45) is 3.69. The van der Waals surface area contributed by atoms with Crippen molar-refractivity contribution in [1.29, 1.82) is 0 Å². The lowest BCUT2D eigenvalue weighted by Crippen LogP contribution is -2.18. The fraction of sp³-hybridized carbons (Fsp3) is 0.308. The van der Waals surface area contributed by atoms with E-state index < -0.39 is 0 Å². The Bertz CT molecular complexity index is 499. The fourth-order valence-corrected chi connectivity index (χ4v) is 1.96. The molecule has 4 nitrogen and oxygen atoms in total. The van der Waals surface area contributed by atoms with Gasteiger partial charge < -0.3 is 10.1 Å². The standard InChI is InChI=1S/C13H16ClN3O/c1-9(11-7-16-17-8-11)15-6-10-5-12(14)3-4-13(10)18-2/h3-5,7-9,15H,6H2,1-2H3,(H,16,17). The number of hydrogen-bond acceptors (Lipinski definition) is 3. The summed E-state index contributed by atoms with van der Waals surface area (Å²) in [5.74, 6) is 0.839. The summed E-state index contributed by atoms with van der Waals surface area (Å²) in [6.45, 7) is 2.78. The maximum atomic E-state index is 5.99. The molecule has 1 unspecified atom stereocenters. The predicted octanol–water partition coefficient (Wildman–Crippen LogP) is 2.92. The smallest absolute Gasteiger partial charge is 0.123 e. The summed E-state index contributed by atoms with van der Waals surface area (Å²) in [4.78, 5) is 0. The van der Waals surface area contributed by atoms with Gasteiger partial charge in [0.05, 0.1) is 13.3 Å². The summed E-state index contributed by atoms with van der Waals surface area (Å²) < 4.78 is 5.31. The second-order valence-corrected chi connectivity index (χ2v) is 4.53. The molecule has 2 rings (SSSR count). The van der Waals surface area contributed by atoms with Crippen LogP contribution in [0.4, 0.5) is 0 Å². The van der Waals surface area contributed by atoms with Crippen molar-refractivity contribution in [3.8, 4) is 5.75 Å². The molecule has 5 heteroatoms. The highest BCUT2D eigenvalue weighted by molar-refractivity contribution is 6.30. The van der Waals surface area contributed by atoms with Gasteiger partial charge in [-0.2, -0.15) is 5.10 Å². The molecule has 0 spiro atoms. The number of H-pyrrole nitrogens is 1. The van der Waals surface area contributed by atoms with E-state index in [1.807, 2.05) is 30.6 Å². The lowest BCUT2D eigenvalue weighted by molar-refractivity contribution is 0.406. The topological polar surface area (TPSA) is 49.9 Å². The monoisotopic (exact) mass is 265 g/mol. The third kappa shape index (κ3) is 3.03. The summed E-state index contributed by atoms with van der Waals surface area (Å²) in [5, 5.41) is 10.9. The predicted molar refractivity (Wildman–Crippen MR) is 71.8 cm³/mol. The Morgan fingerprint density at radius 1 is 1.50 bits per heavy atom. The summed E-state index contributed by atoms with van der Waals surface area (Å²) >= 11 is 5.99. The SMILES string of the molecule is COc1ccc(Cl)cc1CNC(C)c1cn[nH]c1. The van der Waals surface area contributed by atoms with Gasteiger partial charge in [-0.3, -0.25) is 5.10 Å². The van der Waals surface area contributed by atoms with E-state index in [1.165, 1.54) is 0 Å². The van der Waals surface area contributed by atoms with Crippen molar-refractivity contribution < 1.29 is 4.74 Å². The number of methoxy groups -OCH3 is 1. The number of hydrogen-bond donors (Lipinski definition) is 2. The van der Waals surface area contributed by atoms with Crippen LogP contribution in [-0.4, -0.2) is 17.3 Å². The van der Waals surface area contributed by atoms with Gasteiger partial charge in [-0.15, -0.1) is 0 Å². The number of aromatic amines is 1. The summed E-state index contributed by atoms with van der Waals surface area (Å²) in [6, 6.07) is 5.83. The molecule has 0 saturated carbocycles. The van der Waals surface area contributed by atoms with Crippen LogP contribution in [0.3, 0.4) is 0 Å². The molecule has 1 heterocycles. The van der Waals surface area contributed by atoms with E-state index in [1.54, 1.807) is 7.11 Å². The van der Waals surface area contributed by atoms with Crippen LogP contribution in [0.1, 0.15) is 24.1 Å². The number of nitrogens with one attached hydrogen (secondary N) is 2. The van der Waals surface area contributed by atoms with Crippen molar-refractivity contribution in [1.82, 2.24) is 15.5 Å². The molecule has 1 atom stereocenters. The van der Waals surface area contributed by atoms with Crippen molar-refractivity contribution in [2.24, 2.45) is 0 Å². The molecule has 0 aliphatic rings. The third-order valence-corrected chi connectivity index (χ3v) is 3.10. The number of benzene rings is 1. The van der Waals surface area contributed by atoms with Crippen molar-refractivity contribution in [2.45, 2.75) is 19.5 Å². The minimum absolute atomic E-state index is 0.215. The second-order valence-electron chi connectivity index (χ2n) is 4.09. The average molecular weight is 266 g/mol. The van der Waals surface area contributed by atoms with Crippen LogP contribution < -0.4 is 10.1 Å². The fourth-order valence-electron chi connectivity index (χ4n) is 1.76. The lowest BCUT2D eigenvalue weighted by Gasteiger charge is -2.14. The Labute approximate surface area is 111 Å². The van der Waals surface area contributed by atoms with Gasteiger partial charge in [-0.1, -0.05) is 11.6 Å². The van der Waals surface area contributed by atoms with Gasteiger partial charge in [0.1, 0.15) is 5.75 Å². The van der Waals surface area contributed by atoms with Crippen LogP contribution in [0.2, 0.25) is 5.02 Å². The molecule has 0 bridgehead atoms. The molecule has 0 fully saturated rings. The first-order valence-electron chi connectivity index (χ1n) is 5.75. The first kappa shape index (κ1) is 12.9. The van der Waals surface area contributed by atoms with Crippen LogP contribution in [0.25, 0.3) is 0 Å². The normalized spacial score (nSPS) is 12.4. The summed E-state index contributed by atoms with van der Waals surface area (Å²) in [5.41, 5.74) is 2.16. The van der Waals surface area contributed by atoms with Crippen LogP contribution in [0, 0.1) is 0 Å². The Kier molecular flexibility index (Phi) is 4.23. The molecule has 18 heavy (non-hydrogen) atoms. The first-order chi connectivity index (χ1) is 8.70. The van der Waals surface area contributed by atoms with Gasteiger partial charge in [-0.25, -0.2) is 0 Å². The molecule has 1 aromatic heterocycles. The minimum atomic E-state index is 0.215. The van der Waals surface area contributed by atoms with Gasteiger partial charge in [0.25, 0.3) is 0 Å². The van der Waals surface area contributed by atoms with Gasteiger partial charge in [0.15, 0.2) is 0 Å². The highest BCUT2D eigenvalue weighted by Gasteiger charge is 2.08. The van der Waals surface area contributed by atoms with E-state index in [0.29, 0.717) is 11.6 Å². The quantitative estimate of drug-likeness (QED) is 0.874.